The summed E-state index contributed by atoms with van der Waals surface area (Å²) in [5, 5.41) is 3.37. The fraction of sp³-hybridized carbons (Fsp3) is 0.222. The number of carbonyl (C=O) groups is 1. The Morgan fingerprint density at radius 1 is 1.25 bits per heavy atom. The van der Waals surface area contributed by atoms with Crippen LogP contribution in [0.2, 0.25) is 5.02 Å². The molecule has 0 aliphatic heterocycles. The highest BCUT2D eigenvalue weighted by atomic mass is 35.5. The maximum absolute atomic E-state index is 12.0. The summed E-state index contributed by atoms with van der Waals surface area (Å²) in [7, 11) is 0. The fourth-order valence-electron chi connectivity index (χ4n) is 2.56. The Morgan fingerprint density at radius 3 is 2.83 bits per heavy atom. The van der Waals surface area contributed by atoms with Gasteiger partial charge in [-0.2, -0.15) is 0 Å². The lowest BCUT2D eigenvalue weighted by atomic mass is 10.1. The van der Waals surface area contributed by atoms with E-state index in [4.69, 9.17) is 16.0 Å². The van der Waals surface area contributed by atoms with E-state index >= 15 is 0 Å². The van der Waals surface area contributed by atoms with Gasteiger partial charge in [0.05, 0.1) is 5.52 Å². The second kappa shape index (κ2) is 6.93. The van der Waals surface area contributed by atoms with Gasteiger partial charge in [0.25, 0.3) is 0 Å². The highest BCUT2D eigenvalue weighted by molar-refractivity contribution is 6.31. The van der Waals surface area contributed by atoms with Crippen LogP contribution in [0, 0.1) is 6.92 Å². The molecule has 0 bridgehead atoms. The summed E-state index contributed by atoms with van der Waals surface area (Å²) in [5.74, 6) is -0.604. The molecule has 0 spiro atoms. The molecule has 0 aliphatic carbocycles. The third-order valence-corrected chi connectivity index (χ3v) is 4.17. The number of fused-ring (bicyclic) bond motifs is 1. The first-order chi connectivity index (χ1) is 11.5. The molecule has 3 aromatic rings. The molecule has 1 heterocycles. The summed E-state index contributed by atoms with van der Waals surface area (Å²) in [6.45, 7) is 2.74. The highest BCUT2D eigenvalue weighted by Gasteiger charge is 2.11. The number of hydrogen-bond donors (Lipinski definition) is 1. The number of oxazole rings is 1. The monoisotopic (exact) mass is 344 g/mol. The molecule has 0 radical (unpaired) electrons. The van der Waals surface area contributed by atoms with E-state index in [1.807, 2.05) is 31.2 Å². The van der Waals surface area contributed by atoms with Crippen molar-refractivity contribution < 1.29 is 9.21 Å². The SMILES string of the molecule is Cc1ccccc1CNC(=O)CCn1c(=O)oc2cc(Cl)ccc21. The molecular formula is C18H17ClN2O3. The van der Waals surface area contributed by atoms with E-state index in [1.165, 1.54) is 4.57 Å². The van der Waals surface area contributed by atoms with Crippen LogP contribution in [0.15, 0.2) is 51.7 Å². The lowest BCUT2D eigenvalue weighted by molar-refractivity contribution is -0.121. The van der Waals surface area contributed by atoms with Gasteiger partial charge in [-0.25, -0.2) is 4.79 Å². The van der Waals surface area contributed by atoms with E-state index in [0.29, 0.717) is 22.7 Å². The van der Waals surface area contributed by atoms with Crippen molar-refractivity contribution >= 4 is 28.6 Å². The number of hydrogen-bond acceptors (Lipinski definition) is 3. The molecule has 0 aliphatic rings. The summed E-state index contributed by atoms with van der Waals surface area (Å²) in [4.78, 5) is 24.0. The summed E-state index contributed by atoms with van der Waals surface area (Å²) in [6, 6.07) is 12.9. The summed E-state index contributed by atoms with van der Waals surface area (Å²) >= 11 is 5.88. The molecule has 1 aromatic heterocycles. The maximum Gasteiger partial charge on any atom is 0.419 e. The Morgan fingerprint density at radius 2 is 2.04 bits per heavy atom. The number of nitrogens with one attached hydrogen (secondary N) is 1. The van der Waals surface area contributed by atoms with Gasteiger partial charge in [-0.05, 0) is 30.2 Å². The Hall–Kier alpha value is -2.53. The minimum absolute atomic E-state index is 0.117. The van der Waals surface area contributed by atoms with Crippen molar-refractivity contribution in [2.45, 2.75) is 26.4 Å². The van der Waals surface area contributed by atoms with Crippen LogP contribution in [0.1, 0.15) is 17.5 Å². The van der Waals surface area contributed by atoms with Gasteiger partial charge < -0.3 is 9.73 Å². The molecule has 0 saturated carbocycles. The van der Waals surface area contributed by atoms with Gasteiger partial charge in [0, 0.05) is 30.6 Å². The van der Waals surface area contributed by atoms with Crippen molar-refractivity contribution in [1.29, 1.82) is 0 Å². The van der Waals surface area contributed by atoms with Crippen molar-refractivity contribution in [3.05, 3.63) is 69.2 Å². The molecule has 5 nitrogen and oxygen atoms in total. The van der Waals surface area contributed by atoms with Gasteiger partial charge in [-0.15, -0.1) is 0 Å². The fourth-order valence-corrected chi connectivity index (χ4v) is 2.72. The molecule has 0 fully saturated rings. The quantitative estimate of drug-likeness (QED) is 0.772. The van der Waals surface area contributed by atoms with E-state index in [1.54, 1.807) is 18.2 Å². The largest absolute Gasteiger partial charge is 0.419 e. The first kappa shape index (κ1) is 16.3. The predicted octanol–water partition coefficient (Wildman–Crippen LogP) is 3.26. The zero-order valence-electron chi connectivity index (χ0n) is 13.2. The number of aryl methyl sites for hydroxylation is 2. The maximum atomic E-state index is 12.0. The Kier molecular flexibility index (Phi) is 4.71. The molecule has 0 atom stereocenters. The number of carbonyl (C=O) groups excluding carboxylic acids is 1. The molecule has 24 heavy (non-hydrogen) atoms. The topological polar surface area (TPSA) is 64.2 Å². The molecule has 0 saturated heterocycles. The molecule has 1 amide bonds. The zero-order chi connectivity index (χ0) is 17.1. The van der Waals surface area contributed by atoms with Crippen LogP contribution in [0.4, 0.5) is 0 Å². The molecule has 124 valence electrons. The second-order valence-corrected chi connectivity index (χ2v) is 6.02. The van der Waals surface area contributed by atoms with Crippen molar-refractivity contribution in [2.24, 2.45) is 0 Å². The Balaban J connectivity index is 1.64. The van der Waals surface area contributed by atoms with Crippen LogP contribution < -0.4 is 11.1 Å². The summed E-state index contributed by atoms with van der Waals surface area (Å²) in [5.41, 5.74) is 3.27. The van der Waals surface area contributed by atoms with Crippen LogP contribution in [0.25, 0.3) is 11.1 Å². The molecule has 2 aromatic carbocycles. The van der Waals surface area contributed by atoms with Crippen molar-refractivity contribution in [3.8, 4) is 0 Å². The van der Waals surface area contributed by atoms with Crippen LogP contribution in [-0.4, -0.2) is 10.5 Å². The third kappa shape index (κ3) is 3.51. The number of halogens is 1. The molecule has 3 rings (SSSR count). The van der Waals surface area contributed by atoms with Gasteiger partial charge >= 0.3 is 5.76 Å². The number of benzene rings is 2. The average molecular weight is 345 g/mol. The lowest BCUT2D eigenvalue weighted by Gasteiger charge is -2.08. The zero-order valence-corrected chi connectivity index (χ0v) is 14.0. The standard InChI is InChI=1S/C18H17ClN2O3/c1-12-4-2-3-5-13(12)11-20-17(22)8-9-21-15-7-6-14(19)10-16(15)24-18(21)23/h2-7,10H,8-9,11H2,1H3,(H,20,22). The van der Waals surface area contributed by atoms with E-state index in [2.05, 4.69) is 5.32 Å². The van der Waals surface area contributed by atoms with Gasteiger partial charge in [-0.1, -0.05) is 35.9 Å². The van der Waals surface area contributed by atoms with Crippen LogP contribution in [0.3, 0.4) is 0 Å². The minimum atomic E-state index is -0.487. The van der Waals surface area contributed by atoms with Crippen LogP contribution >= 0.6 is 11.6 Å². The average Bonchev–Trinajstić information content (AvgIpc) is 2.86. The number of aromatic nitrogens is 1. The number of nitrogens with zero attached hydrogens (tertiary/aromatic N) is 1. The minimum Gasteiger partial charge on any atom is -0.408 e. The lowest BCUT2D eigenvalue weighted by Crippen LogP contribution is -2.26. The van der Waals surface area contributed by atoms with Gasteiger partial charge in [-0.3, -0.25) is 9.36 Å². The smallest absolute Gasteiger partial charge is 0.408 e. The van der Waals surface area contributed by atoms with Crippen LogP contribution in [-0.2, 0) is 17.9 Å². The molecule has 6 heteroatoms. The van der Waals surface area contributed by atoms with Crippen molar-refractivity contribution in [2.75, 3.05) is 0 Å². The van der Waals surface area contributed by atoms with Gasteiger partial charge in [0.1, 0.15) is 0 Å². The van der Waals surface area contributed by atoms with Gasteiger partial charge in [0.15, 0.2) is 5.58 Å². The first-order valence-electron chi connectivity index (χ1n) is 7.64. The van der Waals surface area contributed by atoms with E-state index in [0.717, 1.165) is 11.1 Å². The van der Waals surface area contributed by atoms with Crippen molar-refractivity contribution in [1.82, 2.24) is 9.88 Å². The number of rotatable bonds is 5. The van der Waals surface area contributed by atoms with E-state index < -0.39 is 5.76 Å². The predicted molar refractivity (Wildman–Crippen MR) is 93.1 cm³/mol. The van der Waals surface area contributed by atoms with Gasteiger partial charge in [0.2, 0.25) is 5.91 Å². The summed E-state index contributed by atoms with van der Waals surface area (Å²) in [6.07, 6.45) is 0.197. The molecule has 0 unspecified atom stereocenters. The third-order valence-electron chi connectivity index (χ3n) is 3.93. The van der Waals surface area contributed by atoms with E-state index in [-0.39, 0.29) is 18.9 Å². The highest BCUT2D eigenvalue weighted by Crippen LogP contribution is 2.18. The van der Waals surface area contributed by atoms with E-state index in [9.17, 15) is 9.59 Å². The normalized spacial score (nSPS) is 10.9. The summed E-state index contributed by atoms with van der Waals surface area (Å²) < 4.78 is 6.59. The number of amides is 1. The first-order valence-corrected chi connectivity index (χ1v) is 8.02. The Bertz CT molecular complexity index is 943. The van der Waals surface area contributed by atoms with Crippen LogP contribution in [0.5, 0.6) is 0 Å². The van der Waals surface area contributed by atoms with Crippen molar-refractivity contribution in [3.63, 3.8) is 0 Å². The molecule has 1 N–H and O–H groups in total. The molecular weight excluding hydrogens is 328 g/mol. The second-order valence-electron chi connectivity index (χ2n) is 5.58. The Labute approximate surface area is 143 Å².